The number of carboxylic acid groups (broad SMARTS) is 1. The topological polar surface area (TPSA) is 324 Å². The van der Waals surface area contributed by atoms with Crippen LogP contribution in [0.15, 0.2) is 35.7 Å². The number of carbonyl (C=O) groups excluding carboxylic acids is 9. The maximum Gasteiger partial charge on any atom is 0.306 e. The summed E-state index contributed by atoms with van der Waals surface area (Å²) >= 11 is 1.10. The third kappa shape index (κ3) is 23.5. The predicted molar refractivity (Wildman–Crippen MR) is 317 cm³/mol. The number of aromatic hydroxyl groups is 1. The maximum absolute atomic E-state index is 14.4. The Labute approximate surface area is 498 Å². The van der Waals surface area contributed by atoms with Crippen LogP contribution < -0.4 is 21.7 Å². The van der Waals surface area contributed by atoms with Crippen molar-refractivity contribution in [2.45, 2.75) is 169 Å². The summed E-state index contributed by atoms with van der Waals surface area (Å²) in [6, 6.07) is 2.56. The van der Waals surface area contributed by atoms with E-state index in [1.54, 1.807) is 18.0 Å². The Balaban J connectivity index is 1.57. The molecule has 0 radical (unpaired) electrons. The maximum atomic E-state index is 14.4. The molecule has 1 unspecified atom stereocenters. The van der Waals surface area contributed by atoms with Crippen LogP contribution in [-0.4, -0.2) is 173 Å². The molecule has 0 aliphatic carbocycles. The van der Waals surface area contributed by atoms with Crippen molar-refractivity contribution in [1.82, 2.24) is 30.3 Å². The Morgan fingerprint density at radius 3 is 2.12 bits per heavy atom. The highest BCUT2D eigenvalue weighted by atomic mass is 32.1. The van der Waals surface area contributed by atoms with E-state index in [4.69, 9.17) is 19.9 Å². The molecule has 0 saturated carbocycles. The third-order valence-corrected chi connectivity index (χ3v) is 16.3. The number of anilines is 1. The molecule has 1 aliphatic heterocycles. The van der Waals surface area contributed by atoms with E-state index in [1.165, 1.54) is 43.5 Å². The summed E-state index contributed by atoms with van der Waals surface area (Å²) in [4.78, 5) is 138. The second-order valence-electron chi connectivity index (χ2n) is 22.7. The predicted octanol–water partition coefficient (Wildman–Crippen LogP) is 5.77. The van der Waals surface area contributed by atoms with Crippen LogP contribution in [0.25, 0.3) is 0 Å². The summed E-state index contributed by atoms with van der Waals surface area (Å²) in [7, 11) is 5.35. The molecular formula is C60H92N8O15S. The standard InChI is InChI=1S/C60H92N8O15S/c1-12-38(4)43(34-51(72)60(7,8)66(9)10)58(78)67(11)47(37(2)3)35-50(83-40(6)69)57-65-46(36-84-57)56(77)62-42(31-39(5)59(79)80)32-41-20-21-49(71)45(33-41)64-53(74)24-28-82-30-29-81-27-16-18-48(70)44(17-13-14-25-61)63-52(73)19-15-26-68-54(75)22-23-55(68)76/h20-23,33,36-39,42-44,47,50,71H,12-19,24-32,34-35,61H2,1-11H3,(H,62,77)(H,63,73)(H,64,74)(H,79,80)/t38-,39?,42+,43-,44-,47+,50+/m0/s1. The molecule has 3 rings (SSSR count). The number of aromatic nitrogens is 1. The summed E-state index contributed by atoms with van der Waals surface area (Å²) in [6.07, 6.45) is 4.93. The quantitative estimate of drug-likeness (QED) is 0.0199. The number of likely N-dealkylation sites (N-methyl/N-ethyl adjacent to an activating group) is 1. The molecule has 1 aromatic heterocycles. The highest BCUT2D eigenvalue weighted by Gasteiger charge is 2.39. The van der Waals surface area contributed by atoms with Crippen LogP contribution >= 0.6 is 11.3 Å². The SMILES string of the molecule is CC[C@H](C)[C@H](CC(=O)C(C)(C)N(C)C)C(=O)N(C)[C@H](C[C@@H](OC(C)=O)c1nc(C(=O)N[C@@H](Cc2ccc(O)c(NC(=O)CCOCCOCCCC(=O)[C@H](CCCCN)NC(=O)CCCN3C(=O)C=CC3=O)c2)CC(C)C(=O)O)cs1)C(C)C. The molecule has 0 saturated heterocycles. The number of benzene rings is 1. The van der Waals surface area contributed by atoms with Gasteiger partial charge in [-0.25, -0.2) is 4.98 Å². The van der Waals surface area contributed by atoms with Crippen LogP contribution in [0.5, 0.6) is 5.75 Å². The number of Topliss-reactive ketones (excluding diaryl/α,β-unsaturated/α-hetero) is 2. The summed E-state index contributed by atoms with van der Waals surface area (Å²) in [6.45, 7) is 15.4. The van der Waals surface area contributed by atoms with Crippen LogP contribution in [-0.2, 0) is 63.8 Å². The molecule has 23 nitrogen and oxygen atoms in total. The van der Waals surface area contributed by atoms with Crippen molar-refractivity contribution in [3.63, 3.8) is 0 Å². The molecule has 1 aliphatic rings. The van der Waals surface area contributed by atoms with Crippen LogP contribution in [0, 0.1) is 23.7 Å². The van der Waals surface area contributed by atoms with Crippen LogP contribution in [0.3, 0.4) is 0 Å². The molecule has 24 heteroatoms. The van der Waals surface area contributed by atoms with Gasteiger partial charge in [0.2, 0.25) is 17.7 Å². The zero-order valence-corrected chi connectivity index (χ0v) is 51.8. The molecule has 468 valence electrons. The molecule has 84 heavy (non-hydrogen) atoms. The average Bonchev–Trinajstić information content (AvgIpc) is 3.71. The van der Waals surface area contributed by atoms with E-state index in [2.05, 4.69) is 20.9 Å². The van der Waals surface area contributed by atoms with Gasteiger partial charge >= 0.3 is 11.9 Å². The van der Waals surface area contributed by atoms with Gasteiger partial charge in [0.15, 0.2) is 17.7 Å². The fourth-order valence-electron chi connectivity index (χ4n) is 9.40. The number of ketones is 2. The molecule has 1 aromatic carbocycles. The number of ether oxygens (including phenoxy) is 3. The smallest absolute Gasteiger partial charge is 0.306 e. The fourth-order valence-corrected chi connectivity index (χ4v) is 10.2. The number of carboxylic acids is 1. The van der Waals surface area contributed by atoms with Crippen molar-refractivity contribution in [1.29, 1.82) is 0 Å². The number of nitrogens with zero attached hydrogens (tertiary/aromatic N) is 4. The van der Waals surface area contributed by atoms with Crippen LogP contribution in [0.2, 0.25) is 0 Å². The number of imide groups is 1. The van der Waals surface area contributed by atoms with Crippen molar-refractivity contribution < 1.29 is 72.4 Å². The minimum atomic E-state index is -1.08. The number of nitrogens with one attached hydrogen (secondary N) is 3. The van der Waals surface area contributed by atoms with E-state index in [0.29, 0.717) is 49.2 Å². The van der Waals surface area contributed by atoms with E-state index in [9.17, 15) is 58.2 Å². The molecule has 2 aromatic rings. The Morgan fingerprint density at radius 1 is 0.845 bits per heavy atom. The highest BCUT2D eigenvalue weighted by molar-refractivity contribution is 7.09. The minimum Gasteiger partial charge on any atom is -0.506 e. The van der Waals surface area contributed by atoms with Gasteiger partial charge in [-0.3, -0.25) is 57.7 Å². The van der Waals surface area contributed by atoms with Gasteiger partial charge in [-0.15, -0.1) is 11.3 Å². The third-order valence-electron chi connectivity index (χ3n) is 15.4. The molecule has 6 amide bonds. The van der Waals surface area contributed by atoms with E-state index >= 15 is 0 Å². The van der Waals surface area contributed by atoms with Gasteiger partial charge in [0.05, 0.1) is 49.4 Å². The highest BCUT2D eigenvalue weighted by Crippen LogP contribution is 2.33. The van der Waals surface area contributed by atoms with Crippen molar-refractivity contribution in [2.24, 2.45) is 29.4 Å². The number of carbonyl (C=O) groups is 10. The van der Waals surface area contributed by atoms with Crippen molar-refractivity contribution in [3.05, 3.63) is 52.0 Å². The number of amides is 6. The zero-order chi connectivity index (χ0) is 62.8. The van der Waals surface area contributed by atoms with E-state index in [0.717, 1.165) is 16.2 Å². The zero-order valence-electron chi connectivity index (χ0n) is 51.0. The molecule has 0 fully saturated rings. The summed E-state index contributed by atoms with van der Waals surface area (Å²) < 4.78 is 17.0. The number of unbranched alkanes of at least 4 members (excludes halogenated alkanes) is 1. The number of hydrogen-bond acceptors (Lipinski definition) is 18. The van der Waals surface area contributed by atoms with Gasteiger partial charge in [-0.1, -0.05) is 47.1 Å². The van der Waals surface area contributed by atoms with Crippen molar-refractivity contribution in [3.8, 4) is 5.75 Å². The number of thiazole rings is 1. The molecule has 7 atom stereocenters. The van der Waals surface area contributed by atoms with E-state index in [-0.39, 0.29) is 137 Å². The Kier molecular flexibility index (Phi) is 30.5. The van der Waals surface area contributed by atoms with E-state index < -0.39 is 77.2 Å². The molecule has 2 heterocycles. The number of esters is 1. The number of aliphatic carboxylic acids is 1. The first-order valence-corrected chi connectivity index (χ1v) is 30.0. The second kappa shape index (κ2) is 35.7. The molecular weight excluding hydrogens is 1100 g/mol. The molecule has 0 bridgehead atoms. The van der Waals surface area contributed by atoms with Gasteiger partial charge < -0.3 is 51.0 Å². The van der Waals surface area contributed by atoms with Gasteiger partial charge in [-0.05, 0) is 109 Å². The van der Waals surface area contributed by atoms with Crippen LogP contribution in [0.4, 0.5) is 5.69 Å². The lowest BCUT2D eigenvalue weighted by Gasteiger charge is -2.38. The number of hydrogen-bond donors (Lipinski definition) is 6. The van der Waals surface area contributed by atoms with E-state index in [1.807, 2.05) is 60.5 Å². The Bertz CT molecular complexity index is 2570. The second-order valence-corrected chi connectivity index (χ2v) is 23.6. The van der Waals surface area contributed by atoms with Gasteiger partial charge in [0, 0.05) is 88.3 Å². The Hall–Kier alpha value is -6.47. The fraction of sp³-hybridized carbons (Fsp3) is 0.650. The summed E-state index contributed by atoms with van der Waals surface area (Å²) in [5.41, 5.74) is 5.48. The summed E-state index contributed by atoms with van der Waals surface area (Å²) in [5, 5.41) is 30.7. The number of nitrogens with two attached hydrogens (primary N) is 1. The molecule has 0 spiro atoms. The average molecular weight is 1200 g/mol. The first kappa shape index (κ1) is 71.8. The monoisotopic (exact) mass is 1200 g/mol. The first-order valence-electron chi connectivity index (χ1n) is 29.1. The Morgan fingerprint density at radius 2 is 1.51 bits per heavy atom. The largest absolute Gasteiger partial charge is 0.506 e. The lowest BCUT2D eigenvalue weighted by Crippen LogP contribution is -2.50. The normalized spacial score (nSPS) is 15.0. The lowest BCUT2D eigenvalue weighted by atomic mass is 9.81. The first-order chi connectivity index (χ1) is 39.6. The number of phenolic OH excluding ortho intramolecular Hbond substituents is 1. The van der Waals surface area contributed by atoms with Crippen LogP contribution in [0.1, 0.15) is 160 Å². The lowest BCUT2D eigenvalue weighted by molar-refractivity contribution is -0.150. The van der Waals surface area contributed by atoms with Crippen molar-refractivity contribution in [2.75, 3.05) is 66.0 Å². The number of rotatable bonds is 41. The molecule has 7 N–H and O–H groups in total. The van der Waals surface area contributed by atoms with Gasteiger partial charge in [-0.2, -0.15) is 0 Å². The number of phenols is 1. The van der Waals surface area contributed by atoms with Gasteiger partial charge in [0.1, 0.15) is 16.5 Å². The van der Waals surface area contributed by atoms with Gasteiger partial charge in [0.25, 0.3) is 17.7 Å². The van der Waals surface area contributed by atoms with Crippen molar-refractivity contribution >= 4 is 76.0 Å². The summed E-state index contributed by atoms with van der Waals surface area (Å²) in [5.74, 6) is -6.29. The minimum absolute atomic E-state index is 0.00638.